The van der Waals surface area contributed by atoms with E-state index in [0.717, 1.165) is 77.4 Å². The Morgan fingerprint density at radius 3 is 1.54 bits per heavy atom. The molecule has 0 spiro atoms. The first-order chi connectivity index (χ1) is 28.3. The van der Waals surface area contributed by atoms with Crippen molar-refractivity contribution in [1.29, 1.82) is 0 Å². The Kier molecular flexibility index (Phi) is 6.83. The van der Waals surface area contributed by atoms with Crippen LogP contribution in [-0.4, -0.2) is 19.5 Å². The van der Waals surface area contributed by atoms with Gasteiger partial charge in [-0.15, -0.1) is 0 Å². The summed E-state index contributed by atoms with van der Waals surface area (Å²) in [6.45, 7) is 0. The second-order valence-corrected chi connectivity index (χ2v) is 14.3. The first-order valence-electron chi connectivity index (χ1n) is 19.0. The highest BCUT2D eigenvalue weighted by atomic mass is 16.3. The lowest BCUT2D eigenvalue weighted by Gasteiger charge is -2.09. The fraction of sp³-hybridized carbons (Fsp3) is 0. The van der Waals surface area contributed by atoms with Crippen LogP contribution in [0.15, 0.2) is 191 Å². The minimum atomic E-state index is 0.550. The fourth-order valence-electron chi connectivity index (χ4n) is 8.52. The molecule has 266 valence electrons. The van der Waals surface area contributed by atoms with Gasteiger partial charge in [-0.3, -0.25) is 0 Å². The van der Waals surface area contributed by atoms with E-state index in [9.17, 15) is 0 Å². The number of aromatic nitrogens is 4. The zero-order chi connectivity index (χ0) is 37.5. The summed E-state index contributed by atoms with van der Waals surface area (Å²) >= 11 is 0. The van der Waals surface area contributed by atoms with E-state index in [-0.39, 0.29) is 0 Å². The molecule has 6 nitrogen and oxygen atoms in total. The Morgan fingerprint density at radius 2 is 0.877 bits per heavy atom. The summed E-state index contributed by atoms with van der Waals surface area (Å²) in [4.78, 5) is 15.0. The van der Waals surface area contributed by atoms with Crippen molar-refractivity contribution >= 4 is 65.7 Å². The van der Waals surface area contributed by atoms with Gasteiger partial charge in [-0.2, -0.15) is 0 Å². The van der Waals surface area contributed by atoms with Crippen LogP contribution in [0, 0.1) is 0 Å². The standard InChI is InChI=1S/C51H30N4O2/c1-3-14-31(15-4-1)49-52-50(32-16-5-2-6-17-32)54-51(53-49)40-24-12-23-39-38-22-11-21-37(47(38)57-48(39)40)36-20-13-27-45-46(36)41-30-33(28-29-44(41)56-45)55-42-25-9-7-18-34(42)35-19-8-10-26-43(35)55/h1-30H. The third kappa shape index (κ3) is 4.87. The Balaban J connectivity index is 1.07. The Morgan fingerprint density at radius 1 is 0.351 bits per heavy atom. The molecule has 0 atom stereocenters. The van der Waals surface area contributed by atoms with Crippen LogP contribution in [0.2, 0.25) is 0 Å². The average Bonchev–Trinajstić information content (AvgIpc) is 3.96. The van der Waals surface area contributed by atoms with Crippen molar-refractivity contribution < 1.29 is 8.83 Å². The number of benzene rings is 8. The number of hydrogen-bond donors (Lipinski definition) is 0. The molecule has 12 aromatic rings. The van der Waals surface area contributed by atoms with Gasteiger partial charge in [0.25, 0.3) is 0 Å². The number of nitrogens with zero attached hydrogens (tertiary/aromatic N) is 4. The Bertz CT molecular complexity index is 3410. The monoisotopic (exact) mass is 730 g/mol. The van der Waals surface area contributed by atoms with Crippen LogP contribution in [0.5, 0.6) is 0 Å². The molecule has 0 fully saturated rings. The molecule has 0 N–H and O–H groups in total. The second kappa shape index (κ2) is 12.3. The molecule has 8 aromatic carbocycles. The summed E-state index contributed by atoms with van der Waals surface area (Å²) in [5.74, 6) is 1.76. The first-order valence-corrected chi connectivity index (χ1v) is 19.0. The van der Waals surface area contributed by atoms with Gasteiger partial charge < -0.3 is 13.4 Å². The first kappa shape index (κ1) is 31.5. The molecule has 0 unspecified atom stereocenters. The molecule has 0 saturated carbocycles. The normalized spacial score (nSPS) is 11.9. The van der Waals surface area contributed by atoms with Gasteiger partial charge in [0, 0.05) is 54.7 Å². The molecule has 0 radical (unpaired) electrons. The van der Waals surface area contributed by atoms with E-state index < -0.39 is 0 Å². The maximum absolute atomic E-state index is 7.00. The van der Waals surface area contributed by atoms with E-state index in [0.29, 0.717) is 17.5 Å². The van der Waals surface area contributed by atoms with Gasteiger partial charge in [0.2, 0.25) is 0 Å². The van der Waals surface area contributed by atoms with Crippen LogP contribution in [0.25, 0.3) is 117 Å². The molecule has 57 heavy (non-hydrogen) atoms. The fourth-order valence-corrected chi connectivity index (χ4v) is 8.52. The molecule has 0 aliphatic rings. The molecule has 4 heterocycles. The third-order valence-corrected chi connectivity index (χ3v) is 11.1. The van der Waals surface area contributed by atoms with Crippen molar-refractivity contribution in [1.82, 2.24) is 19.5 Å². The van der Waals surface area contributed by atoms with E-state index in [1.807, 2.05) is 78.9 Å². The van der Waals surface area contributed by atoms with E-state index in [4.69, 9.17) is 23.8 Å². The van der Waals surface area contributed by atoms with E-state index in [2.05, 4.69) is 108 Å². The molecule has 0 aliphatic carbocycles. The largest absolute Gasteiger partial charge is 0.456 e. The average molecular weight is 731 g/mol. The Labute approximate surface area is 325 Å². The maximum atomic E-state index is 7.00. The van der Waals surface area contributed by atoms with Gasteiger partial charge in [-0.25, -0.2) is 15.0 Å². The molecule has 0 aliphatic heterocycles. The smallest absolute Gasteiger partial charge is 0.167 e. The highest BCUT2D eigenvalue weighted by Crippen LogP contribution is 2.44. The highest BCUT2D eigenvalue weighted by molar-refractivity contribution is 6.18. The van der Waals surface area contributed by atoms with Crippen molar-refractivity contribution in [3.63, 3.8) is 0 Å². The number of hydrogen-bond acceptors (Lipinski definition) is 5. The maximum Gasteiger partial charge on any atom is 0.167 e. The van der Waals surface area contributed by atoms with Crippen molar-refractivity contribution in [3.05, 3.63) is 182 Å². The molecule has 0 saturated heterocycles. The number of rotatable bonds is 5. The lowest BCUT2D eigenvalue weighted by molar-refractivity contribution is 0.668. The van der Waals surface area contributed by atoms with Gasteiger partial charge in [0.1, 0.15) is 22.3 Å². The van der Waals surface area contributed by atoms with Crippen molar-refractivity contribution in [3.8, 4) is 51.0 Å². The summed E-state index contributed by atoms with van der Waals surface area (Å²) in [7, 11) is 0. The number of fused-ring (bicyclic) bond motifs is 9. The summed E-state index contributed by atoms with van der Waals surface area (Å²) < 4.78 is 15.9. The molecule has 6 heteroatoms. The molecule has 0 bridgehead atoms. The van der Waals surface area contributed by atoms with Gasteiger partial charge in [0.15, 0.2) is 17.5 Å². The summed E-state index contributed by atoms with van der Waals surface area (Å²) in [6.07, 6.45) is 0. The summed E-state index contributed by atoms with van der Waals surface area (Å²) in [5, 5.41) is 6.55. The van der Waals surface area contributed by atoms with Gasteiger partial charge in [0.05, 0.1) is 16.6 Å². The zero-order valence-electron chi connectivity index (χ0n) is 30.4. The predicted molar refractivity (Wildman–Crippen MR) is 230 cm³/mol. The van der Waals surface area contributed by atoms with E-state index in [1.165, 1.54) is 21.8 Å². The van der Waals surface area contributed by atoms with Gasteiger partial charge >= 0.3 is 0 Å². The molecule has 12 rings (SSSR count). The van der Waals surface area contributed by atoms with Crippen molar-refractivity contribution in [2.24, 2.45) is 0 Å². The number of para-hydroxylation sites is 4. The molecular formula is C51H30N4O2. The van der Waals surface area contributed by atoms with E-state index in [1.54, 1.807) is 0 Å². The van der Waals surface area contributed by atoms with Gasteiger partial charge in [-0.05, 0) is 48.0 Å². The predicted octanol–water partition coefficient (Wildman–Crippen LogP) is 13.4. The lowest BCUT2D eigenvalue weighted by Crippen LogP contribution is -2.00. The second-order valence-electron chi connectivity index (χ2n) is 14.3. The van der Waals surface area contributed by atoms with Crippen molar-refractivity contribution in [2.75, 3.05) is 0 Å². The molecule has 0 amide bonds. The molecular weight excluding hydrogens is 701 g/mol. The zero-order valence-corrected chi connectivity index (χ0v) is 30.4. The SMILES string of the molecule is c1ccc(-c2nc(-c3ccccc3)nc(-c3cccc4c3oc3c(-c5cccc6oc7ccc(-n8c9ccccc9c9ccccc98)cc7c56)cccc34)n2)cc1. The minimum absolute atomic E-state index is 0.550. The summed E-state index contributed by atoms with van der Waals surface area (Å²) in [6, 6.07) is 62.6. The number of furan rings is 2. The minimum Gasteiger partial charge on any atom is -0.456 e. The van der Waals surface area contributed by atoms with Gasteiger partial charge in [-0.1, -0.05) is 140 Å². The quantitative estimate of drug-likeness (QED) is 0.176. The van der Waals surface area contributed by atoms with Crippen molar-refractivity contribution in [2.45, 2.75) is 0 Å². The third-order valence-electron chi connectivity index (χ3n) is 11.1. The van der Waals surface area contributed by atoms with Crippen LogP contribution in [0.3, 0.4) is 0 Å². The highest BCUT2D eigenvalue weighted by Gasteiger charge is 2.22. The van der Waals surface area contributed by atoms with Crippen LogP contribution in [0.4, 0.5) is 0 Å². The lowest BCUT2D eigenvalue weighted by atomic mass is 9.97. The van der Waals surface area contributed by atoms with Crippen LogP contribution in [-0.2, 0) is 0 Å². The van der Waals surface area contributed by atoms with Crippen LogP contribution >= 0.6 is 0 Å². The summed E-state index contributed by atoms with van der Waals surface area (Å²) in [5.41, 5.74) is 11.2. The van der Waals surface area contributed by atoms with Crippen LogP contribution in [0.1, 0.15) is 0 Å². The Hall–Kier alpha value is -7.83. The topological polar surface area (TPSA) is 69.9 Å². The molecule has 4 aromatic heterocycles. The van der Waals surface area contributed by atoms with E-state index >= 15 is 0 Å². The van der Waals surface area contributed by atoms with Crippen LogP contribution < -0.4 is 0 Å².